The highest BCUT2D eigenvalue weighted by Crippen LogP contribution is 2.60. The number of hydrogen-bond acceptors (Lipinski definition) is 0. The van der Waals surface area contributed by atoms with Crippen molar-refractivity contribution in [3.8, 4) is 66.8 Å². The summed E-state index contributed by atoms with van der Waals surface area (Å²) in [5, 5.41) is 26.1. The quantitative estimate of drug-likeness (QED) is 0.115. The minimum atomic E-state index is 1.22. The molecular formula is C76H44. The Morgan fingerprint density at radius 3 is 1.01 bits per heavy atom. The van der Waals surface area contributed by atoms with Crippen molar-refractivity contribution in [2.75, 3.05) is 0 Å². The van der Waals surface area contributed by atoms with Crippen molar-refractivity contribution in [1.29, 1.82) is 0 Å². The predicted molar refractivity (Wildman–Crippen MR) is 328 cm³/mol. The lowest BCUT2D eigenvalue weighted by Crippen LogP contribution is -1.96. The lowest BCUT2D eigenvalue weighted by molar-refractivity contribution is 1.60. The van der Waals surface area contributed by atoms with E-state index in [1.54, 1.807) is 0 Å². The second-order valence-corrected chi connectivity index (χ2v) is 20.8. The zero-order chi connectivity index (χ0) is 49.6. The number of rotatable bonds is 6. The van der Waals surface area contributed by atoms with Gasteiger partial charge in [0.15, 0.2) is 0 Å². The molecule has 0 saturated heterocycles. The zero-order valence-corrected chi connectivity index (χ0v) is 41.4. The Balaban J connectivity index is 1.20. The van der Waals surface area contributed by atoms with E-state index in [4.69, 9.17) is 0 Å². The van der Waals surface area contributed by atoms with Crippen LogP contribution in [0.15, 0.2) is 267 Å². The van der Waals surface area contributed by atoms with Crippen LogP contribution in [0.1, 0.15) is 0 Å². The Hall–Kier alpha value is -9.88. The van der Waals surface area contributed by atoms with Gasteiger partial charge in [0.2, 0.25) is 0 Å². The summed E-state index contributed by atoms with van der Waals surface area (Å²) in [6.07, 6.45) is 0. The van der Waals surface area contributed by atoms with Crippen molar-refractivity contribution in [3.63, 3.8) is 0 Å². The predicted octanol–water partition coefficient (Wildman–Crippen LogP) is 21.5. The van der Waals surface area contributed by atoms with E-state index in [2.05, 4.69) is 267 Å². The molecule has 0 heterocycles. The van der Waals surface area contributed by atoms with Gasteiger partial charge in [0.25, 0.3) is 0 Å². The standard InChI is InChI=1S/C76H44/c1-6-21-45(22-7-1)51-33-16-17-34-54(51)55-41-44-60-66-56(55)35-20-38-59(66)73-71-58-37-19-32-48-31-18-36-57(63(48)58)69(71)64(49-27-12-4-13-28-49)75-65(50-29-14-5-15-30-50)70-61-42-39-52(46-23-8-2-9-24-46)67-53(47-25-10-3-11-26-47)40-43-62(68(61)67)72(70)74(60)76(73)75/h1-44H. The normalized spacial score (nSPS) is 12.2. The van der Waals surface area contributed by atoms with Gasteiger partial charge in [-0.05, 0) is 174 Å². The first kappa shape index (κ1) is 41.6. The van der Waals surface area contributed by atoms with E-state index < -0.39 is 0 Å². The van der Waals surface area contributed by atoms with E-state index in [1.165, 1.54) is 174 Å². The number of fused-ring (bicyclic) bond motifs is 10. The molecule has 17 aromatic rings. The van der Waals surface area contributed by atoms with E-state index >= 15 is 0 Å². The maximum absolute atomic E-state index is 2.49. The molecule has 0 aromatic heterocycles. The van der Waals surface area contributed by atoms with Crippen molar-refractivity contribution < 1.29 is 0 Å². The Bertz CT molecular complexity index is 5100. The topological polar surface area (TPSA) is 0 Å². The summed E-state index contributed by atoms with van der Waals surface area (Å²) in [5.74, 6) is 0. The van der Waals surface area contributed by atoms with Crippen LogP contribution in [0.3, 0.4) is 0 Å². The average molecular weight is 957 g/mol. The van der Waals surface area contributed by atoms with Crippen LogP contribution in [0.4, 0.5) is 0 Å². The molecule has 0 fully saturated rings. The van der Waals surface area contributed by atoms with Gasteiger partial charge in [-0.25, -0.2) is 0 Å². The van der Waals surface area contributed by atoms with E-state index in [9.17, 15) is 0 Å². The second kappa shape index (κ2) is 15.8. The molecule has 17 aromatic carbocycles. The van der Waals surface area contributed by atoms with Crippen LogP contribution in [0.5, 0.6) is 0 Å². The third-order valence-electron chi connectivity index (χ3n) is 17.1. The molecule has 0 heteroatoms. The molecule has 0 aliphatic heterocycles. The molecule has 0 aliphatic rings. The van der Waals surface area contributed by atoms with Gasteiger partial charge in [0, 0.05) is 0 Å². The molecule has 0 N–H and O–H groups in total. The van der Waals surface area contributed by atoms with Gasteiger partial charge in [-0.2, -0.15) is 0 Å². The van der Waals surface area contributed by atoms with Gasteiger partial charge < -0.3 is 0 Å². The van der Waals surface area contributed by atoms with Gasteiger partial charge in [-0.3, -0.25) is 0 Å². The third-order valence-corrected chi connectivity index (χ3v) is 17.1. The summed E-state index contributed by atoms with van der Waals surface area (Å²) in [6.45, 7) is 0. The molecule has 76 heavy (non-hydrogen) atoms. The molecule has 17 rings (SSSR count). The highest BCUT2D eigenvalue weighted by Gasteiger charge is 2.32. The first-order valence-electron chi connectivity index (χ1n) is 26.6. The van der Waals surface area contributed by atoms with Crippen LogP contribution < -0.4 is 0 Å². The Morgan fingerprint density at radius 1 is 0.132 bits per heavy atom. The summed E-state index contributed by atoms with van der Waals surface area (Å²) < 4.78 is 0. The summed E-state index contributed by atoms with van der Waals surface area (Å²) >= 11 is 0. The van der Waals surface area contributed by atoms with E-state index in [0.29, 0.717) is 0 Å². The molecular weight excluding hydrogens is 913 g/mol. The Morgan fingerprint density at radius 2 is 0.487 bits per heavy atom. The minimum Gasteiger partial charge on any atom is -0.0622 e. The monoisotopic (exact) mass is 956 g/mol. The van der Waals surface area contributed by atoms with Crippen LogP contribution in [-0.4, -0.2) is 0 Å². The zero-order valence-electron chi connectivity index (χ0n) is 41.4. The van der Waals surface area contributed by atoms with Crippen molar-refractivity contribution in [2.45, 2.75) is 0 Å². The first-order chi connectivity index (χ1) is 37.8. The molecule has 0 nitrogen and oxygen atoms in total. The molecule has 0 aliphatic carbocycles. The van der Waals surface area contributed by atoms with Crippen molar-refractivity contribution in [2.24, 2.45) is 0 Å². The van der Waals surface area contributed by atoms with Crippen molar-refractivity contribution >= 4 is 108 Å². The van der Waals surface area contributed by atoms with E-state index in [-0.39, 0.29) is 0 Å². The number of benzene rings is 15. The molecule has 0 unspecified atom stereocenters. The van der Waals surface area contributed by atoms with Crippen molar-refractivity contribution in [1.82, 2.24) is 0 Å². The fourth-order valence-corrected chi connectivity index (χ4v) is 14.2. The summed E-state index contributed by atoms with van der Waals surface area (Å²) in [6, 6.07) is 100. The van der Waals surface area contributed by atoms with Crippen LogP contribution in [0, 0.1) is 0 Å². The van der Waals surface area contributed by atoms with Crippen LogP contribution in [0.25, 0.3) is 174 Å². The fourth-order valence-electron chi connectivity index (χ4n) is 14.2. The van der Waals surface area contributed by atoms with Crippen LogP contribution in [-0.2, 0) is 0 Å². The molecule has 0 bridgehead atoms. The second-order valence-electron chi connectivity index (χ2n) is 20.8. The summed E-state index contributed by atoms with van der Waals surface area (Å²) in [5.41, 5.74) is 14.9. The molecule has 0 atom stereocenters. The van der Waals surface area contributed by atoms with Crippen molar-refractivity contribution in [3.05, 3.63) is 267 Å². The van der Waals surface area contributed by atoms with Gasteiger partial charge >= 0.3 is 0 Å². The van der Waals surface area contributed by atoms with Gasteiger partial charge in [0.1, 0.15) is 0 Å². The van der Waals surface area contributed by atoms with E-state index in [0.717, 1.165) is 0 Å². The lowest BCUT2D eigenvalue weighted by Gasteiger charge is -2.24. The maximum Gasteiger partial charge on any atom is -0.0000476 e. The van der Waals surface area contributed by atoms with Crippen LogP contribution >= 0.6 is 0 Å². The smallest absolute Gasteiger partial charge is 0.0000476 e. The molecule has 0 spiro atoms. The Kier molecular flexibility index (Phi) is 8.65. The summed E-state index contributed by atoms with van der Waals surface area (Å²) in [4.78, 5) is 0. The molecule has 0 radical (unpaired) electrons. The maximum atomic E-state index is 2.49. The fraction of sp³-hybridized carbons (Fsp3) is 0. The summed E-state index contributed by atoms with van der Waals surface area (Å²) in [7, 11) is 0. The van der Waals surface area contributed by atoms with Gasteiger partial charge in [-0.1, -0.05) is 267 Å². The average Bonchev–Trinajstić information content (AvgIpc) is 4.02. The highest BCUT2D eigenvalue weighted by molar-refractivity contribution is 6.55. The molecule has 348 valence electrons. The minimum absolute atomic E-state index is 1.22. The first-order valence-corrected chi connectivity index (χ1v) is 26.6. The highest BCUT2D eigenvalue weighted by atomic mass is 14.3. The Labute approximate surface area is 439 Å². The SMILES string of the molecule is c1ccc(-c2ccccc2-c2ccc3c4c2cccc4c2c4c5cccc6cccc(c4c(-c4ccccc4)c4c(-c7ccccc7)c7c8ccc(-c9ccccc9)c9c(-c%10ccccc%10)ccc(c98)c7c3c42)c65)cc1. The molecule has 0 saturated carbocycles. The van der Waals surface area contributed by atoms with Gasteiger partial charge in [-0.15, -0.1) is 0 Å². The van der Waals surface area contributed by atoms with Crippen LogP contribution in [0.2, 0.25) is 0 Å². The largest absolute Gasteiger partial charge is 0.0622 e. The third kappa shape index (κ3) is 5.57. The molecule has 0 amide bonds. The lowest BCUT2D eigenvalue weighted by atomic mass is 9.78. The number of hydrogen-bond donors (Lipinski definition) is 0. The van der Waals surface area contributed by atoms with Gasteiger partial charge in [0.05, 0.1) is 0 Å². The van der Waals surface area contributed by atoms with E-state index in [1.807, 2.05) is 0 Å².